The van der Waals surface area contributed by atoms with Crippen LogP contribution in [0.2, 0.25) is 0 Å². The molecule has 3 saturated carbocycles. The topological polar surface area (TPSA) is 34.1 Å². The number of carbonyl (C=O) groups is 2. The Labute approximate surface area is 255 Å². The number of allylic oxidation sites excluding steroid dienone is 6. The molecule has 6 aliphatic rings. The molecular formula is C38H55ClO2. The van der Waals surface area contributed by atoms with Crippen molar-refractivity contribution in [1.82, 2.24) is 0 Å². The average Bonchev–Trinajstić information content (AvgIpc) is 3.22. The molecule has 3 fully saturated rings. The Balaban J connectivity index is 1.39. The maximum absolute atomic E-state index is 13.5. The van der Waals surface area contributed by atoms with Crippen molar-refractivity contribution in [2.75, 3.05) is 0 Å². The van der Waals surface area contributed by atoms with Crippen molar-refractivity contribution in [1.29, 1.82) is 0 Å². The van der Waals surface area contributed by atoms with Gasteiger partial charge in [-0.05, 0) is 149 Å². The first-order valence-electron chi connectivity index (χ1n) is 17.0. The largest absolute Gasteiger partial charge is 0.294 e. The molecule has 226 valence electrons. The fraction of sp³-hybridized carbons (Fsp3) is 0.789. The standard InChI is InChI=1S/C38H55ClO2/c1-9-24-10-12-25(13-11-24)26-16-18-35(6)29(34(26,4)5)17-19-37(8)30(35)15-14-27-32-31(23(2)3)28(40)22-38(32,33(39)41)21-20-36(27,37)7/h12,16,23-24,27,29-30H,9-11,13-15,17-22H2,1-8H3/t24?,27-,29+,30-,35+,36-,37-,38-/m1/s1. The van der Waals surface area contributed by atoms with Crippen LogP contribution in [0, 0.1) is 56.7 Å². The SMILES string of the molecule is CCC1CC=C(C2=CC[C@]3(C)[C@H]4CC[C@@H]5C6=C(C(C)C)C(=O)C[C@]6(C(=O)Cl)CC[C@@]5(C)[C@]4(C)CC[C@H]3C2(C)C)CC1. The van der Waals surface area contributed by atoms with Crippen LogP contribution in [0.15, 0.2) is 34.4 Å². The molecule has 0 amide bonds. The lowest BCUT2D eigenvalue weighted by Crippen LogP contribution is -2.64. The molecule has 0 spiro atoms. The highest BCUT2D eigenvalue weighted by molar-refractivity contribution is 6.65. The minimum atomic E-state index is -0.748. The van der Waals surface area contributed by atoms with Crippen LogP contribution in [0.1, 0.15) is 132 Å². The number of hydrogen-bond acceptors (Lipinski definition) is 2. The normalized spacial score (nSPS) is 45.4. The molecule has 3 heteroatoms. The Morgan fingerprint density at radius 2 is 1.68 bits per heavy atom. The van der Waals surface area contributed by atoms with Gasteiger partial charge in [-0.2, -0.15) is 0 Å². The van der Waals surface area contributed by atoms with Crippen molar-refractivity contribution in [2.24, 2.45) is 56.7 Å². The van der Waals surface area contributed by atoms with Crippen LogP contribution < -0.4 is 0 Å². The molecule has 0 N–H and O–H groups in total. The summed E-state index contributed by atoms with van der Waals surface area (Å²) in [7, 11) is 0. The zero-order valence-corrected chi connectivity index (χ0v) is 28.0. The van der Waals surface area contributed by atoms with Crippen molar-refractivity contribution in [3.05, 3.63) is 34.4 Å². The zero-order valence-electron chi connectivity index (χ0n) is 27.2. The number of ketones is 1. The van der Waals surface area contributed by atoms with Crippen LogP contribution in [-0.4, -0.2) is 11.0 Å². The smallest absolute Gasteiger partial charge is 0.232 e. The minimum Gasteiger partial charge on any atom is -0.294 e. The molecule has 6 aliphatic carbocycles. The van der Waals surface area contributed by atoms with Gasteiger partial charge in [0.15, 0.2) is 5.78 Å². The van der Waals surface area contributed by atoms with Gasteiger partial charge in [0.05, 0.1) is 5.41 Å². The molecule has 41 heavy (non-hydrogen) atoms. The molecule has 1 unspecified atom stereocenters. The van der Waals surface area contributed by atoms with E-state index in [9.17, 15) is 9.59 Å². The molecule has 0 bridgehead atoms. The first-order valence-corrected chi connectivity index (χ1v) is 17.4. The monoisotopic (exact) mass is 578 g/mol. The number of carbonyl (C=O) groups excluding carboxylic acids is 2. The van der Waals surface area contributed by atoms with Gasteiger partial charge in [-0.25, -0.2) is 0 Å². The first kappa shape index (κ1) is 29.9. The van der Waals surface area contributed by atoms with Crippen molar-refractivity contribution in [2.45, 2.75) is 132 Å². The summed E-state index contributed by atoms with van der Waals surface area (Å²) in [6.45, 7) is 19.6. The molecule has 0 aromatic heterocycles. The Hall–Kier alpha value is -1.15. The third kappa shape index (κ3) is 3.86. The Morgan fingerprint density at radius 1 is 0.951 bits per heavy atom. The van der Waals surface area contributed by atoms with E-state index >= 15 is 0 Å². The van der Waals surface area contributed by atoms with Gasteiger partial charge in [-0.1, -0.05) is 74.0 Å². The van der Waals surface area contributed by atoms with E-state index in [1.165, 1.54) is 56.9 Å². The second-order valence-electron chi connectivity index (χ2n) is 16.9. The van der Waals surface area contributed by atoms with Gasteiger partial charge in [0.2, 0.25) is 5.24 Å². The molecule has 0 radical (unpaired) electrons. The van der Waals surface area contributed by atoms with E-state index in [1.54, 1.807) is 11.1 Å². The van der Waals surface area contributed by atoms with E-state index in [1.807, 2.05) is 0 Å². The highest BCUT2D eigenvalue weighted by Gasteiger charge is 2.70. The van der Waals surface area contributed by atoms with Crippen LogP contribution in [-0.2, 0) is 9.59 Å². The summed E-state index contributed by atoms with van der Waals surface area (Å²) >= 11 is 6.43. The maximum atomic E-state index is 13.5. The summed E-state index contributed by atoms with van der Waals surface area (Å²) in [4.78, 5) is 26.6. The summed E-state index contributed by atoms with van der Waals surface area (Å²) in [5.74, 6) is 2.81. The van der Waals surface area contributed by atoms with Gasteiger partial charge in [0.25, 0.3) is 0 Å². The van der Waals surface area contributed by atoms with Gasteiger partial charge in [-0.15, -0.1) is 0 Å². The van der Waals surface area contributed by atoms with E-state index in [2.05, 4.69) is 67.5 Å². The Morgan fingerprint density at radius 3 is 2.29 bits per heavy atom. The van der Waals surface area contributed by atoms with Gasteiger partial charge < -0.3 is 0 Å². The molecule has 0 aromatic rings. The fourth-order valence-corrected chi connectivity index (χ4v) is 12.8. The number of halogens is 1. The molecule has 8 atom stereocenters. The summed E-state index contributed by atoms with van der Waals surface area (Å²) in [5, 5.41) is -0.282. The van der Waals surface area contributed by atoms with Crippen molar-refractivity contribution < 1.29 is 9.59 Å². The molecule has 0 aliphatic heterocycles. The molecular weight excluding hydrogens is 524 g/mol. The van der Waals surface area contributed by atoms with E-state index in [4.69, 9.17) is 11.6 Å². The summed E-state index contributed by atoms with van der Waals surface area (Å²) in [5.41, 5.74) is 5.42. The lowest BCUT2D eigenvalue weighted by molar-refractivity contribution is -0.198. The first-order chi connectivity index (χ1) is 19.2. The maximum Gasteiger partial charge on any atom is 0.232 e. The number of hydrogen-bond donors (Lipinski definition) is 0. The number of rotatable bonds is 4. The van der Waals surface area contributed by atoms with Crippen LogP contribution in [0.25, 0.3) is 0 Å². The number of Topliss-reactive ketones (excluding diaryl/α,β-unsaturated/α-hetero) is 1. The van der Waals surface area contributed by atoms with Crippen LogP contribution in [0.5, 0.6) is 0 Å². The molecule has 6 rings (SSSR count). The van der Waals surface area contributed by atoms with Gasteiger partial charge in [-0.3, -0.25) is 9.59 Å². The molecule has 2 nitrogen and oxygen atoms in total. The van der Waals surface area contributed by atoms with Crippen molar-refractivity contribution >= 4 is 22.6 Å². The second-order valence-corrected chi connectivity index (χ2v) is 17.2. The third-order valence-electron chi connectivity index (χ3n) is 14.8. The van der Waals surface area contributed by atoms with E-state index in [0.717, 1.165) is 30.8 Å². The van der Waals surface area contributed by atoms with Crippen LogP contribution in [0.3, 0.4) is 0 Å². The van der Waals surface area contributed by atoms with Crippen LogP contribution >= 0.6 is 11.6 Å². The predicted octanol–water partition coefficient (Wildman–Crippen LogP) is 10.4. The Kier molecular flexibility index (Phi) is 7.06. The Bertz CT molecular complexity index is 1250. The van der Waals surface area contributed by atoms with Crippen molar-refractivity contribution in [3.8, 4) is 0 Å². The van der Waals surface area contributed by atoms with Crippen LogP contribution in [0.4, 0.5) is 0 Å². The summed E-state index contributed by atoms with van der Waals surface area (Å²) in [6, 6.07) is 0. The zero-order chi connectivity index (χ0) is 29.8. The minimum absolute atomic E-state index is 0.0784. The molecule has 0 aromatic carbocycles. The van der Waals surface area contributed by atoms with E-state index in [-0.39, 0.29) is 44.5 Å². The summed E-state index contributed by atoms with van der Waals surface area (Å²) in [6.07, 6.45) is 18.5. The van der Waals surface area contributed by atoms with Gasteiger partial charge in [0.1, 0.15) is 0 Å². The highest BCUT2D eigenvalue weighted by atomic mass is 35.5. The fourth-order valence-electron chi connectivity index (χ4n) is 12.5. The quantitative estimate of drug-likeness (QED) is 0.311. The van der Waals surface area contributed by atoms with E-state index < -0.39 is 5.41 Å². The van der Waals surface area contributed by atoms with Gasteiger partial charge in [0, 0.05) is 6.42 Å². The van der Waals surface area contributed by atoms with Crippen molar-refractivity contribution in [3.63, 3.8) is 0 Å². The highest BCUT2D eigenvalue weighted by Crippen LogP contribution is 2.77. The summed E-state index contributed by atoms with van der Waals surface area (Å²) < 4.78 is 0. The third-order valence-corrected chi connectivity index (χ3v) is 15.2. The van der Waals surface area contributed by atoms with E-state index in [0.29, 0.717) is 18.3 Å². The molecule has 0 heterocycles. The lowest BCUT2D eigenvalue weighted by Gasteiger charge is -2.71. The van der Waals surface area contributed by atoms with Gasteiger partial charge >= 0.3 is 0 Å². The predicted molar refractivity (Wildman–Crippen MR) is 169 cm³/mol. The lowest BCUT2D eigenvalue weighted by atomic mass is 9.33. The second kappa shape index (κ2) is 9.67. The average molecular weight is 579 g/mol. The molecule has 0 saturated heterocycles. The number of fused-ring (bicyclic) bond motifs is 7.